The highest BCUT2D eigenvalue weighted by atomic mass is 32.2. The second-order valence-electron chi connectivity index (χ2n) is 6.78. The number of nitrogens with one attached hydrogen (secondary N) is 1. The molecule has 0 spiro atoms. The van der Waals surface area contributed by atoms with Crippen molar-refractivity contribution in [3.05, 3.63) is 84.8 Å². The minimum Gasteiger partial charge on any atom is -0.494 e. The lowest BCUT2D eigenvalue weighted by atomic mass is 10.2. The number of halogens is 1. The zero-order chi connectivity index (χ0) is 22.7. The number of nitrogens with zero attached hydrogens (tertiary/aromatic N) is 3. The lowest BCUT2D eigenvalue weighted by molar-refractivity contribution is 0.413. The van der Waals surface area contributed by atoms with Crippen LogP contribution in [0.3, 0.4) is 0 Å². The Labute approximate surface area is 184 Å². The van der Waals surface area contributed by atoms with Crippen molar-refractivity contribution in [3.63, 3.8) is 0 Å². The summed E-state index contributed by atoms with van der Waals surface area (Å²) in [6, 6.07) is 12.9. The summed E-state index contributed by atoms with van der Waals surface area (Å²) >= 11 is 0. The Bertz CT molecular complexity index is 1350. The second-order valence-corrected chi connectivity index (χ2v) is 8.43. The third kappa shape index (κ3) is 4.54. The number of anilines is 1. The highest BCUT2D eigenvalue weighted by Gasteiger charge is 2.22. The number of sulfonamides is 1. The second kappa shape index (κ2) is 8.67. The van der Waals surface area contributed by atoms with Gasteiger partial charge < -0.3 is 14.0 Å². The number of benzene rings is 2. The van der Waals surface area contributed by atoms with Crippen LogP contribution < -0.4 is 14.2 Å². The van der Waals surface area contributed by atoms with Crippen molar-refractivity contribution in [2.75, 3.05) is 11.8 Å². The maximum Gasteiger partial charge on any atom is 0.267 e. The van der Waals surface area contributed by atoms with Gasteiger partial charge in [-0.1, -0.05) is 0 Å². The van der Waals surface area contributed by atoms with E-state index in [1.165, 1.54) is 49.7 Å². The number of imidazole rings is 1. The van der Waals surface area contributed by atoms with Gasteiger partial charge in [0.25, 0.3) is 10.0 Å². The van der Waals surface area contributed by atoms with E-state index in [0.29, 0.717) is 17.1 Å². The molecule has 2 aromatic carbocycles. The third-order valence-corrected chi connectivity index (χ3v) is 5.87. The number of ether oxygens (including phenoxy) is 2. The molecular formula is C22H19FN4O4S. The van der Waals surface area contributed by atoms with E-state index in [0.717, 1.165) is 5.69 Å². The monoisotopic (exact) mass is 454 g/mol. The SMILES string of the molecule is COc1cc(NS(=O)(=O)c2cccnc2Oc2ccc(F)cc2)ccc1-n1cnc(C)c1. The Hall–Kier alpha value is -3.92. The van der Waals surface area contributed by atoms with E-state index in [1.54, 1.807) is 29.1 Å². The smallest absolute Gasteiger partial charge is 0.267 e. The first-order valence-corrected chi connectivity index (χ1v) is 10.9. The first-order valence-electron chi connectivity index (χ1n) is 9.46. The molecule has 0 saturated carbocycles. The van der Waals surface area contributed by atoms with Gasteiger partial charge in [0.15, 0.2) is 0 Å². The number of pyridine rings is 1. The summed E-state index contributed by atoms with van der Waals surface area (Å²) in [6.45, 7) is 1.87. The zero-order valence-electron chi connectivity index (χ0n) is 17.2. The van der Waals surface area contributed by atoms with Crippen molar-refractivity contribution in [3.8, 4) is 23.1 Å². The molecule has 0 radical (unpaired) electrons. The van der Waals surface area contributed by atoms with E-state index < -0.39 is 15.8 Å². The van der Waals surface area contributed by atoms with Gasteiger partial charge in [-0.25, -0.2) is 22.8 Å². The van der Waals surface area contributed by atoms with Crippen LogP contribution in [0, 0.1) is 12.7 Å². The molecule has 0 aliphatic rings. The third-order valence-electron chi connectivity index (χ3n) is 4.48. The maximum atomic E-state index is 13.1. The average Bonchev–Trinajstić information content (AvgIpc) is 3.21. The van der Waals surface area contributed by atoms with Crippen molar-refractivity contribution >= 4 is 15.7 Å². The van der Waals surface area contributed by atoms with Crippen LogP contribution in [0.1, 0.15) is 5.69 Å². The summed E-state index contributed by atoms with van der Waals surface area (Å²) in [7, 11) is -2.56. The Morgan fingerprint density at radius 3 is 2.53 bits per heavy atom. The fourth-order valence-corrected chi connectivity index (χ4v) is 4.12. The van der Waals surface area contributed by atoms with Gasteiger partial charge in [0, 0.05) is 18.5 Å². The van der Waals surface area contributed by atoms with Gasteiger partial charge in [-0.2, -0.15) is 0 Å². The summed E-state index contributed by atoms with van der Waals surface area (Å²) < 4.78 is 54.6. The first kappa shape index (κ1) is 21.3. The van der Waals surface area contributed by atoms with Crippen LogP contribution in [0.4, 0.5) is 10.1 Å². The molecule has 1 N–H and O–H groups in total. The average molecular weight is 454 g/mol. The molecule has 0 atom stereocenters. The van der Waals surface area contributed by atoms with Gasteiger partial charge in [-0.05, 0) is 55.5 Å². The van der Waals surface area contributed by atoms with Crippen molar-refractivity contribution in [1.82, 2.24) is 14.5 Å². The summed E-state index contributed by atoms with van der Waals surface area (Å²) in [5, 5.41) is 0. The van der Waals surface area contributed by atoms with Gasteiger partial charge in [0.05, 0.1) is 30.5 Å². The Morgan fingerprint density at radius 2 is 1.84 bits per heavy atom. The standard InChI is InChI=1S/C22H19FN4O4S/c1-15-13-27(14-25-15)19-10-7-17(12-20(19)30-2)26-32(28,29)21-4-3-11-24-22(21)31-18-8-5-16(23)6-9-18/h3-14,26H,1-2H3. The lowest BCUT2D eigenvalue weighted by Gasteiger charge is -2.14. The molecule has 0 saturated heterocycles. The fraction of sp³-hybridized carbons (Fsp3) is 0.0909. The minimum atomic E-state index is -4.06. The normalized spacial score (nSPS) is 11.2. The molecule has 8 nitrogen and oxygen atoms in total. The van der Waals surface area contributed by atoms with Crippen LogP contribution in [0.15, 0.2) is 78.2 Å². The van der Waals surface area contributed by atoms with Gasteiger partial charge in [-0.15, -0.1) is 0 Å². The lowest BCUT2D eigenvalue weighted by Crippen LogP contribution is -2.14. The van der Waals surface area contributed by atoms with Gasteiger partial charge >= 0.3 is 0 Å². The van der Waals surface area contributed by atoms with Crippen LogP contribution in [0.5, 0.6) is 17.4 Å². The Balaban J connectivity index is 1.63. The Morgan fingerprint density at radius 1 is 1.06 bits per heavy atom. The molecule has 0 bridgehead atoms. The van der Waals surface area contributed by atoms with Gasteiger partial charge in [0.2, 0.25) is 5.88 Å². The molecule has 0 fully saturated rings. The molecular weight excluding hydrogens is 435 g/mol. The van der Waals surface area contributed by atoms with Crippen molar-refractivity contribution < 1.29 is 22.3 Å². The van der Waals surface area contributed by atoms with Gasteiger partial charge in [0.1, 0.15) is 22.2 Å². The highest BCUT2D eigenvalue weighted by molar-refractivity contribution is 7.92. The van der Waals surface area contributed by atoms with Crippen LogP contribution in [0.2, 0.25) is 0 Å². The summed E-state index contributed by atoms with van der Waals surface area (Å²) in [5.74, 6) is 0.139. The molecule has 164 valence electrons. The van der Waals surface area contributed by atoms with E-state index in [9.17, 15) is 12.8 Å². The predicted octanol–water partition coefficient (Wildman–Crippen LogP) is 4.32. The predicted molar refractivity (Wildman–Crippen MR) is 116 cm³/mol. The number of aryl methyl sites for hydroxylation is 1. The van der Waals surface area contributed by atoms with E-state index in [-0.39, 0.29) is 16.5 Å². The van der Waals surface area contributed by atoms with Crippen LogP contribution in [-0.4, -0.2) is 30.1 Å². The molecule has 0 amide bonds. The van der Waals surface area contributed by atoms with Crippen molar-refractivity contribution in [1.29, 1.82) is 0 Å². The van der Waals surface area contributed by atoms with Crippen LogP contribution in [-0.2, 0) is 10.0 Å². The fourth-order valence-electron chi connectivity index (χ4n) is 2.99. The molecule has 4 rings (SSSR count). The quantitative estimate of drug-likeness (QED) is 0.447. The zero-order valence-corrected chi connectivity index (χ0v) is 18.0. The van der Waals surface area contributed by atoms with E-state index in [2.05, 4.69) is 14.7 Å². The molecule has 0 aliphatic heterocycles. The van der Waals surface area contributed by atoms with Crippen molar-refractivity contribution in [2.45, 2.75) is 11.8 Å². The topological polar surface area (TPSA) is 95.3 Å². The summed E-state index contributed by atoms with van der Waals surface area (Å²) in [5.41, 5.74) is 1.83. The first-order chi connectivity index (χ1) is 15.4. The van der Waals surface area contributed by atoms with Crippen LogP contribution in [0.25, 0.3) is 5.69 Å². The molecule has 0 aliphatic carbocycles. The van der Waals surface area contributed by atoms with E-state index in [1.807, 2.05) is 13.1 Å². The number of methoxy groups -OCH3 is 1. The number of rotatable bonds is 7. The number of aromatic nitrogens is 3. The van der Waals surface area contributed by atoms with Crippen LogP contribution >= 0.6 is 0 Å². The van der Waals surface area contributed by atoms with E-state index >= 15 is 0 Å². The van der Waals surface area contributed by atoms with Gasteiger partial charge in [-0.3, -0.25) is 4.72 Å². The summed E-state index contributed by atoms with van der Waals surface area (Å²) in [4.78, 5) is 8.05. The molecule has 0 unspecified atom stereocenters. The largest absolute Gasteiger partial charge is 0.494 e. The molecule has 10 heteroatoms. The minimum absolute atomic E-state index is 0.135. The number of hydrogen-bond acceptors (Lipinski definition) is 6. The Kier molecular flexibility index (Phi) is 5.78. The van der Waals surface area contributed by atoms with Crippen molar-refractivity contribution in [2.24, 2.45) is 0 Å². The highest BCUT2D eigenvalue weighted by Crippen LogP contribution is 2.31. The number of hydrogen-bond donors (Lipinski definition) is 1. The maximum absolute atomic E-state index is 13.1. The van der Waals surface area contributed by atoms with E-state index in [4.69, 9.17) is 9.47 Å². The molecule has 2 heterocycles. The summed E-state index contributed by atoms with van der Waals surface area (Å²) in [6.07, 6.45) is 4.88. The molecule has 32 heavy (non-hydrogen) atoms. The molecule has 4 aromatic rings. The molecule has 2 aromatic heterocycles.